The normalized spacial score (nSPS) is 18.2. The van der Waals surface area contributed by atoms with Crippen LogP contribution in [-0.4, -0.2) is 26.5 Å². The molecule has 2 aliphatic rings. The van der Waals surface area contributed by atoms with Crippen molar-refractivity contribution in [3.8, 4) is 0 Å². The third-order valence-electron chi connectivity index (χ3n) is 4.04. The highest BCUT2D eigenvalue weighted by Gasteiger charge is 2.40. The summed E-state index contributed by atoms with van der Waals surface area (Å²) in [4.78, 5) is 26.3. The van der Waals surface area contributed by atoms with E-state index in [0.717, 1.165) is 24.0 Å². The second-order valence-electron chi connectivity index (χ2n) is 5.88. The highest BCUT2D eigenvalue weighted by Crippen LogP contribution is 2.41. The van der Waals surface area contributed by atoms with Crippen molar-refractivity contribution in [2.45, 2.75) is 25.7 Å². The van der Waals surface area contributed by atoms with Gasteiger partial charge in [0.1, 0.15) is 0 Å². The SMILES string of the molecule is CS(=O)(=O)Nc1cc(Cl)c(N)cc1N1C(=O)C2=C(CCCC2)C1=O. The Kier molecular flexibility index (Phi) is 4.05. The van der Waals surface area contributed by atoms with E-state index in [4.69, 9.17) is 17.3 Å². The molecule has 0 aromatic heterocycles. The van der Waals surface area contributed by atoms with Gasteiger partial charge in [0.15, 0.2) is 0 Å². The Bertz CT molecular complexity index is 864. The first-order chi connectivity index (χ1) is 11.2. The molecule has 24 heavy (non-hydrogen) atoms. The molecule has 128 valence electrons. The number of halogens is 1. The molecule has 0 radical (unpaired) electrons. The fourth-order valence-corrected chi connectivity index (χ4v) is 3.73. The molecule has 0 atom stereocenters. The molecular weight excluding hydrogens is 354 g/mol. The number of carbonyl (C=O) groups is 2. The number of rotatable bonds is 3. The van der Waals surface area contributed by atoms with E-state index in [0.29, 0.717) is 24.0 Å². The standard InChI is InChI=1S/C15H16ClN3O4S/c1-24(22,23)18-12-6-10(16)11(17)7-13(12)19-14(20)8-4-2-3-5-9(8)15(19)21/h6-7,18H,2-5,17H2,1H3. The van der Waals surface area contributed by atoms with E-state index in [1.165, 1.54) is 12.1 Å². The highest BCUT2D eigenvalue weighted by atomic mass is 35.5. The molecular formula is C15H16ClN3O4S. The quantitative estimate of drug-likeness (QED) is 0.625. The molecule has 0 fully saturated rings. The van der Waals surface area contributed by atoms with Crippen LogP contribution in [0.15, 0.2) is 23.3 Å². The summed E-state index contributed by atoms with van der Waals surface area (Å²) < 4.78 is 25.5. The van der Waals surface area contributed by atoms with Gasteiger partial charge in [-0.15, -0.1) is 0 Å². The maximum atomic E-state index is 12.7. The molecule has 3 rings (SSSR count). The van der Waals surface area contributed by atoms with Gasteiger partial charge >= 0.3 is 0 Å². The zero-order chi connectivity index (χ0) is 17.6. The molecule has 0 unspecified atom stereocenters. The Labute approximate surface area is 144 Å². The molecule has 7 nitrogen and oxygen atoms in total. The molecule has 1 heterocycles. The summed E-state index contributed by atoms with van der Waals surface area (Å²) in [5.41, 5.74) is 7.07. The van der Waals surface area contributed by atoms with Gasteiger partial charge in [-0.25, -0.2) is 13.3 Å². The Morgan fingerprint density at radius 1 is 1.12 bits per heavy atom. The van der Waals surface area contributed by atoms with Gasteiger partial charge in [0.2, 0.25) is 10.0 Å². The van der Waals surface area contributed by atoms with Crippen LogP contribution in [0.5, 0.6) is 0 Å². The second kappa shape index (κ2) is 5.78. The van der Waals surface area contributed by atoms with Gasteiger partial charge in [0.25, 0.3) is 11.8 Å². The Balaban J connectivity index is 2.11. The van der Waals surface area contributed by atoms with Crippen LogP contribution in [-0.2, 0) is 19.6 Å². The van der Waals surface area contributed by atoms with Crippen molar-refractivity contribution in [2.75, 3.05) is 21.6 Å². The van der Waals surface area contributed by atoms with E-state index < -0.39 is 21.8 Å². The van der Waals surface area contributed by atoms with Crippen LogP contribution >= 0.6 is 11.6 Å². The van der Waals surface area contributed by atoms with E-state index in [9.17, 15) is 18.0 Å². The zero-order valence-electron chi connectivity index (χ0n) is 12.9. The van der Waals surface area contributed by atoms with E-state index in [2.05, 4.69) is 4.72 Å². The molecule has 3 N–H and O–H groups in total. The number of sulfonamides is 1. The summed E-state index contributed by atoms with van der Waals surface area (Å²) in [6.45, 7) is 0. The predicted molar refractivity (Wildman–Crippen MR) is 92.3 cm³/mol. The van der Waals surface area contributed by atoms with Gasteiger partial charge in [-0.1, -0.05) is 11.6 Å². The number of amides is 2. The van der Waals surface area contributed by atoms with Crippen LogP contribution in [0, 0.1) is 0 Å². The molecule has 2 amide bonds. The summed E-state index contributed by atoms with van der Waals surface area (Å²) in [6.07, 6.45) is 3.77. The lowest BCUT2D eigenvalue weighted by Gasteiger charge is -2.20. The molecule has 1 aromatic rings. The van der Waals surface area contributed by atoms with Gasteiger partial charge in [-0.3, -0.25) is 14.3 Å². The van der Waals surface area contributed by atoms with Crippen molar-refractivity contribution in [3.63, 3.8) is 0 Å². The van der Waals surface area contributed by atoms with Gasteiger partial charge in [-0.2, -0.15) is 0 Å². The molecule has 9 heteroatoms. The molecule has 0 spiro atoms. The lowest BCUT2D eigenvalue weighted by atomic mass is 9.93. The van der Waals surface area contributed by atoms with Crippen molar-refractivity contribution in [1.82, 2.24) is 0 Å². The van der Waals surface area contributed by atoms with Crippen LogP contribution in [0.3, 0.4) is 0 Å². The molecule has 1 aliphatic carbocycles. The summed E-state index contributed by atoms with van der Waals surface area (Å²) in [6, 6.07) is 2.63. The fraction of sp³-hybridized carbons (Fsp3) is 0.333. The topological polar surface area (TPSA) is 110 Å². The summed E-state index contributed by atoms with van der Waals surface area (Å²) in [5, 5.41) is 0.127. The van der Waals surface area contributed by atoms with Gasteiger partial charge in [0, 0.05) is 11.1 Å². The lowest BCUT2D eigenvalue weighted by Crippen LogP contribution is -2.32. The van der Waals surface area contributed by atoms with Crippen LogP contribution in [0.2, 0.25) is 5.02 Å². The molecule has 1 aliphatic heterocycles. The predicted octanol–water partition coefficient (Wildman–Crippen LogP) is 2.04. The monoisotopic (exact) mass is 369 g/mol. The Hall–Kier alpha value is -2.06. The van der Waals surface area contributed by atoms with Crippen molar-refractivity contribution in [2.24, 2.45) is 0 Å². The van der Waals surface area contributed by atoms with Crippen LogP contribution < -0.4 is 15.4 Å². The number of nitrogens with zero attached hydrogens (tertiary/aromatic N) is 1. The first-order valence-corrected chi connectivity index (χ1v) is 9.63. The third kappa shape index (κ3) is 2.87. The zero-order valence-corrected chi connectivity index (χ0v) is 14.5. The fourth-order valence-electron chi connectivity index (χ4n) is 3.00. The van der Waals surface area contributed by atoms with Crippen molar-refractivity contribution in [1.29, 1.82) is 0 Å². The maximum Gasteiger partial charge on any atom is 0.261 e. The van der Waals surface area contributed by atoms with Crippen molar-refractivity contribution < 1.29 is 18.0 Å². The maximum absolute atomic E-state index is 12.7. The van der Waals surface area contributed by atoms with Gasteiger partial charge < -0.3 is 5.73 Å². The van der Waals surface area contributed by atoms with Crippen LogP contribution in [0.4, 0.5) is 17.1 Å². The van der Waals surface area contributed by atoms with E-state index in [1.54, 1.807) is 0 Å². The minimum atomic E-state index is -3.63. The number of anilines is 3. The van der Waals surface area contributed by atoms with Crippen LogP contribution in [0.1, 0.15) is 25.7 Å². The number of hydrogen-bond acceptors (Lipinski definition) is 5. The van der Waals surface area contributed by atoms with Crippen molar-refractivity contribution >= 4 is 50.5 Å². The van der Waals surface area contributed by atoms with Gasteiger partial charge in [-0.05, 0) is 37.8 Å². The number of nitrogen functional groups attached to an aromatic ring is 1. The largest absolute Gasteiger partial charge is 0.397 e. The third-order valence-corrected chi connectivity index (χ3v) is 4.96. The first-order valence-electron chi connectivity index (χ1n) is 7.36. The van der Waals surface area contributed by atoms with Crippen molar-refractivity contribution in [3.05, 3.63) is 28.3 Å². The second-order valence-corrected chi connectivity index (χ2v) is 8.03. The van der Waals surface area contributed by atoms with E-state index in [-0.39, 0.29) is 22.1 Å². The average molecular weight is 370 g/mol. The Morgan fingerprint density at radius 3 is 2.17 bits per heavy atom. The molecule has 1 aromatic carbocycles. The Morgan fingerprint density at radius 2 is 1.67 bits per heavy atom. The summed E-state index contributed by atoms with van der Waals surface area (Å²) >= 11 is 5.96. The summed E-state index contributed by atoms with van der Waals surface area (Å²) in [5.74, 6) is -0.846. The highest BCUT2D eigenvalue weighted by molar-refractivity contribution is 7.92. The minimum Gasteiger partial charge on any atom is -0.397 e. The number of carbonyl (C=O) groups excluding carboxylic acids is 2. The summed E-state index contributed by atoms with van der Waals surface area (Å²) in [7, 11) is -3.63. The van der Waals surface area contributed by atoms with E-state index >= 15 is 0 Å². The smallest absolute Gasteiger partial charge is 0.261 e. The molecule has 0 saturated heterocycles. The molecule has 0 saturated carbocycles. The first kappa shape index (κ1) is 16.8. The number of imide groups is 1. The molecule has 0 bridgehead atoms. The number of nitrogens with two attached hydrogens (primary N) is 1. The van der Waals surface area contributed by atoms with Gasteiger partial charge in [0.05, 0.1) is 28.3 Å². The lowest BCUT2D eigenvalue weighted by molar-refractivity contribution is -0.120. The average Bonchev–Trinajstić information content (AvgIpc) is 2.74. The number of nitrogens with one attached hydrogen (secondary N) is 1. The van der Waals surface area contributed by atoms with Crippen LogP contribution in [0.25, 0.3) is 0 Å². The minimum absolute atomic E-state index is 0.0400. The van der Waals surface area contributed by atoms with E-state index in [1.807, 2.05) is 0 Å². The number of hydrogen-bond donors (Lipinski definition) is 2. The number of benzene rings is 1.